The molecule has 3 fully saturated rings. The van der Waals surface area contributed by atoms with E-state index in [1.807, 2.05) is 0 Å². The zero-order valence-corrected chi connectivity index (χ0v) is 20.6. The summed E-state index contributed by atoms with van der Waals surface area (Å²) in [5.41, 5.74) is 1.86. The summed E-state index contributed by atoms with van der Waals surface area (Å²) in [5, 5.41) is 11.3. The Labute approximate surface area is 213 Å². The minimum absolute atomic E-state index is 0.0501. The van der Waals surface area contributed by atoms with Crippen molar-refractivity contribution in [2.24, 2.45) is 17.8 Å². The first kappa shape index (κ1) is 24.6. The number of carbonyl (C=O) groups excluding carboxylic acids is 4. The van der Waals surface area contributed by atoms with Gasteiger partial charge in [-0.05, 0) is 56.5 Å². The van der Waals surface area contributed by atoms with Crippen molar-refractivity contribution in [2.75, 3.05) is 16.3 Å². The van der Waals surface area contributed by atoms with Crippen molar-refractivity contribution in [2.45, 2.75) is 46.0 Å². The summed E-state index contributed by atoms with van der Waals surface area (Å²) < 4.78 is 5.54. The third-order valence-corrected chi connectivity index (χ3v) is 7.63. The number of benzene rings is 2. The predicted molar refractivity (Wildman–Crippen MR) is 133 cm³/mol. The molecular weight excluding hydrogens is 478 g/mol. The number of carbonyl (C=O) groups is 4. The van der Waals surface area contributed by atoms with Gasteiger partial charge in [0.25, 0.3) is 5.69 Å². The van der Waals surface area contributed by atoms with E-state index >= 15 is 0 Å². The lowest BCUT2D eigenvalue weighted by Crippen LogP contribution is -2.31. The minimum Gasteiger partial charge on any atom is -0.426 e. The number of amides is 3. The fourth-order valence-electron chi connectivity index (χ4n) is 5.62. The number of nitrogens with zero attached hydrogens (tertiary/aromatic N) is 3. The molecule has 3 amide bonds. The quantitative estimate of drug-likeness (QED) is 0.199. The standard InChI is InChI=1S/C27H27N3O7/c1-15-7-8-18(13-23(15)30(35)36)28-14-17(12-24(28)31)27(34)37-19-9-10-22(16(2)11-19)29-25(32)20-5-3-4-6-21(20)26(29)33/h7-11,13,17,20-21H,3-6,12,14H2,1-2H3/t17-,20-,21+/m0/s1. The van der Waals surface area contributed by atoms with Crippen LogP contribution in [0.25, 0.3) is 0 Å². The van der Waals surface area contributed by atoms with Gasteiger partial charge in [-0.3, -0.25) is 29.3 Å². The first-order valence-electron chi connectivity index (χ1n) is 12.4. The number of fused-ring (bicyclic) bond motifs is 1. The van der Waals surface area contributed by atoms with E-state index in [1.165, 1.54) is 15.9 Å². The van der Waals surface area contributed by atoms with Gasteiger partial charge in [0.1, 0.15) is 5.75 Å². The number of nitro groups is 1. The summed E-state index contributed by atoms with van der Waals surface area (Å²) in [6.45, 7) is 3.42. The van der Waals surface area contributed by atoms with Gasteiger partial charge in [-0.2, -0.15) is 0 Å². The summed E-state index contributed by atoms with van der Waals surface area (Å²) in [5.74, 6) is -2.24. The molecule has 0 aromatic heterocycles. The number of hydrogen-bond donors (Lipinski definition) is 0. The number of esters is 1. The fraction of sp³-hybridized carbons (Fsp3) is 0.407. The van der Waals surface area contributed by atoms with Crippen LogP contribution in [0.2, 0.25) is 0 Å². The van der Waals surface area contributed by atoms with Gasteiger partial charge in [-0.15, -0.1) is 0 Å². The lowest BCUT2D eigenvalue weighted by molar-refractivity contribution is -0.385. The second kappa shape index (κ2) is 9.42. The fourth-order valence-corrected chi connectivity index (χ4v) is 5.62. The largest absolute Gasteiger partial charge is 0.426 e. The van der Waals surface area contributed by atoms with Crippen molar-refractivity contribution in [3.8, 4) is 5.75 Å². The average molecular weight is 506 g/mol. The Bertz CT molecular complexity index is 1310. The van der Waals surface area contributed by atoms with Crippen LogP contribution in [0.15, 0.2) is 36.4 Å². The van der Waals surface area contributed by atoms with Crippen molar-refractivity contribution < 1.29 is 28.8 Å². The molecule has 0 spiro atoms. The first-order valence-corrected chi connectivity index (χ1v) is 12.4. The van der Waals surface area contributed by atoms with Crippen molar-refractivity contribution in [3.05, 3.63) is 57.6 Å². The predicted octanol–water partition coefficient (Wildman–Crippen LogP) is 3.85. The highest BCUT2D eigenvalue weighted by Crippen LogP contribution is 2.41. The molecule has 10 nitrogen and oxygen atoms in total. The maximum Gasteiger partial charge on any atom is 0.316 e. The minimum atomic E-state index is -0.738. The number of ether oxygens (including phenoxy) is 1. The molecule has 2 aromatic rings. The van der Waals surface area contributed by atoms with E-state index in [4.69, 9.17) is 4.74 Å². The lowest BCUT2D eigenvalue weighted by atomic mass is 9.81. The van der Waals surface area contributed by atoms with Crippen LogP contribution in [-0.4, -0.2) is 35.2 Å². The summed E-state index contributed by atoms with van der Waals surface area (Å²) >= 11 is 0. The average Bonchev–Trinajstić information content (AvgIpc) is 3.37. The number of anilines is 2. The molecule has 2 aromatic carbocycles. The molecule has 3 atom stereocenters. The molecule has 2 heterocycles. The number of imide groups is 1. The van der Waals surface area contributed by atoms with Crippen LogP contribution in [0.4, 0.5) is 17.1 Å². The highest BCUT2D eigenvalue weighted by atomic mass is 16.6. The van der Waals surface area contributed by atoms with E-state index in [9.17, 15) is 29.3 Å². The van der Waals surface area contributed by atoms with Gasteiger partial charge in [0.05, 0.1) is 34.1 Å². The van der Waals surface area contributed by atoms with E-state index in [0.717, 1.165) is 25.7 Å². The van der Waals surface area contributed by atoms with Crippen molar-refractivity contribution in [1.29, 1.82) is 0 Å². The summed E-state index contributed by atoms with van der Waals surface area (Å²) in [6.07, 6.45) is 3.28. The monoisotopic (exact) mass is 505 g/mol. The van der Waals surface area contributed by atoms with Gasteiger partial charge in [-0.25, -0.2) is 4.90 Å². The molecule has 0 bridgehead atoms. The number of rotatable bonds is 5. The Hall–Kier alpha value is -4.08. The molecular formula is C27H27N3O7. The Kier molecular flexibility index (Phi) is 6.26. The molecule has 37 heavy (non-hydrogen) atoms. The molecule has 5 rings (SSSR count). The van der Waals surface area contributed by atoms with E-state index in [0.29, 0.717) is 22.5 Å². The third kappa shape index (κ3) is 4.36. The molecule has 0 radical (unpaired) electrons. The van der Waals surface area contributed by atoms with Crippen molar-refractivity contribution >= 4 is 40.8 Å². The molecule has 0 unspecified atom stereocenters. The molecule has 1 saturated carbocycles. The number of aryl methyl sites for hydroxylation is 2. The third-order valence-electron chi connectivity index (χ3n) is 7.63. The highest BCUT2D eigenvalue weighted by Gasteiger charge is 2.49. The van der Waals surface area contributed by atoms with Crippen LogP contribution in [0.5, 0.6) is 5.75 Å². The van der Waals surface area contributed by atoms with Gasteiger partial charge >= 0.3 is 5.97 Å². The SMILES string of the molecule is Cc1cc(OC(=O)[C@H]2CC(=O)N(c3ccc(C)c([N+](=O)[O-])c3)C2)ccc1N1C(=O)[C@H]2CCCC[C@H]2C1=O. The van der Waals surface area contributed by atoms with Gasteiger partial charge in [0, 0.05) is 24.6 Å². The Morgan fingerprint density at radius 1 is 0.973 bits per heavy atom. The van der Waals surface area contributed by atoms with Gasteiger partial charge < -0.3 is 9.64 Å². The van der Waals surface area contributed by atoms with Crippen LogP contribution in [0.1, 0.15) is 43.2 Å². The normalized spacial score (nSPS) is 23.4. The Morgan fingerprint density at radius 2 is 1.65 bits per heavy atom. The smallest absolute Gasteiger partial charge is 0.316 e. The first-order chi connectivity index (χ1) is 17.7. The van der Waals surface area contributed by atoms with E-state index in [1.54, 1.807) is 44.2 Å². The second-order valence-corrected chi connectivity index (χ2v) is 10.0. The molecule has 2 saturated heterocycles. The molecule has 2 aliphatic heterocycles. The Balaban J connectivity index is 1.28. The highest BCUT2D eigenvalue weighted by molar-refractivity contribution is 6.22. The van der Waals surface area contributed by atoms with Crippen LogP contribution in [-0.2, 0) is 19.2 Å². The second-order valence-electron chi connectivity index (χ2n) is 10.0. The zero-order valence-electron chi connectivity index (χ0n) is 20.6. The van der Waals surface area contributed by atoms with Crippen LogP contribution in [0, 0.1) is 41.7 Å². The van der Waals surface area contributed by atoms with Crippen molar-refractivity contribution in [1.82, 2.24) is 0 Å². The summed E-state index contributed by atoms with van der Waals surface area (Å²) in [7, 11) is 0. The maximum absolute atomic E-state index is 12.9. The van der Waals surface area contributed by atoms with Crippen LogP contribution < -0.4 is 14.5 Å². The number of hydrogen-bond acceptors (Lipinski definition) is 7. The van der Waals surface area contributed by atoms with Gasteiger partial charge in [-0.1, -0.05) is 18.9 Å². The summed E-state index contributed by atoms with van der Waals surface area (Å²) in [6, 6.07) is 9.28. The van der Waals surface area contributed by atoms with Gasteiger partial charge in [0.15, 0.2) is 0 Å². The molecule has 192 valence electrons. The molecule has 3 aliphatic rings. The van der Waals surface area contributed by atoms with Crippen LogP contribution >= 0.6 is 0 Å². The van der Waals surface area contributed by atoms with E-state index < -0.39 is 16.8 Å². The Morgan fingerprint density at radius 3 is 2.27 bits per heavy atom. The lowest BCUT2D eigenvalue weighted by Gasteiger charge is -2.19. The van der Waals surface area contributed by atoms with E-state index in [2.05, 4.69) is 0 Å². The zero-order chi connectivity index (χ0) is 26.4. The molecule has 10 heteroatoms. The maximum atomic E-state index is 12.9. The number of nitro benzene ring substituents is 1. The summed E-state index contributed by atoms with van der Waals surface area (Å²) in [4.78, 5) is 64.7. The van der Waals surface area contributed by atoms with Crippen molar-refractivity contribution in [3.63, 3.8) is 0 Å². The topological polar surface area (TPSA) is 127 Å². The molecule has 1 aliphatic carbocycles. The molecule has 0 N–H and O–H groups in total. The van der Waals surface area contributed by atoms with Crippen LogP contribution in [0.3, 0.4) is 0 Å². The van der Waals surface area contributed by atoms with Gasteiger partial charge in [0.2, 0.25) is 17.7 Å². The van der Waals surface area contributed by atoms with E-state index in [-0.39, 0.29) is 54.0 Å².